The van der Waals surface area contributed by atoms with Gasteiger partial charge in [-0.3, -0.25) is 9.48 Å². The predicted molar refractivity (Wildman–Crippen MR) is 70.5 cm³/mol. The van der Waals surface area contributed by atoms with Gasteiger partial charge in [0.05, 0.1) is 6.61 Å². The lowest BCUT2D eigenvalue weighted by Gasteiger charge is -2.29. The Morgan fingerprint density at radius 3 is 3.00 bits per heavy atom. The van der Waals surface area contributed by atoms with Gasteiger partial charge >= 0.3 is 5.97 Å². The lowest BCUT2D eigenvalue weighted by molar-refractivity contribution is -0.145. The molecule has 0 saturated heterocycles. The van der Waals surface area contributed by atoms with E-state index in [1.54, 1.807) is 12.3 Å². The van der Waals surface area contributed by atoms with Crippen LogP contribution in [0.1, 0.15) is 17.0 Å². The number of nitrogens with zero attached hydrogens (tertiary/aromatic N) is 2. The molecular formula is C14H15N3O2. The van der Waals surface area contributed by atoms with E-state index in [2.05, 4.69) is 17.2 Å². The van der Waals surface area contributed by atoms with Crippen molar-refractivity contribution in [2.45, 2.75) is 18.9 Å². The van der Waals surface area contributed by atoms with Crippen molar-refractivity contribution >= 4 is 11.8 Å². The standard InChI is InChI=1S/C14H15N3O2/c15-13-5-6-17(16-13)8-14(18)19-9-11-7-10-3-1-2-4-12(10)11/h1-6,11H,7-9H2,(H2,15,16). The van der Waals surface area contributed by atoms with Crippen molar-refractivity contribution < 1.29 is 9.53 Å². The van der Waals surface area contributed by atoms with Crippen LogP contribution in [0.15, 0.2) is 36.5 Å². The summed E-state index contributed by atoms with van der Waals surface area (Å²) in [6.45, 7) is 0.540. The third-order valence-corrected chi connectivity index (χ3v) is 3.36. The normalized spacial score (nSPS) is 16.5. The Morgan fingerprint density at radius 2 is 2.26 bits per heavy atom. The lowest BCUT2D eigenvalue weighted by Crippen LogP contribution is -2.24. The Morgan fingerprint density at radius 1 is 1.42 bits per heavy atom. The van der Waals surface area contributed by atoms with E-state index in [1.807, 2.05) is 12.1 Å². The van der Waals surface area contributed by atoms with Gasteiger partial charge in [-0.25, -0.2) is 0 Å². The summed E-state index contributed by atoms with van der Waals surface area (Å²) >= 11 is 0. The summed E-state index contributed by atoms with van der Waals surface area (Å²) in [6.07, 6.45) is 2.65. The molecular weight excluding hydrogens is 242 g/mol. The molecule has 0 radical (unpaired) electrons. The van der Waals surface area contributed by atoms with Crippen LogP contribution < -0.4 is 5.73 Å². The first kappa shape index (κ1) is 11.8. The molecule has 0 saturated carbocycles. The van der Waals surface area contributed by atoms with Gasteiger partial charge in [0.25, 0.3) is 0 Å². The minimum Gasteiger partial charge on any atom is -0.464 e. The van der Waals surface area contributed by atoms with Crippen molar-refractivity contribution in [1.82, 2.24) is 9.78 Å². The summed E-state index contributed by atoms with van der Waals surface area (Å²) in [5, 5.41) is 3.94. The van der Waals surface area contributed by atoms with Crippen molar-refractivity contribution in [2.24, 2.45) is 0 Å². The Hall–Kier alpha value is -2.30. The number of esters is 1. The average molecular weight is 257 g/mol. The van der Waals surface area contributed by atoms with Crippen LogP contribution in [0, 0.1) is 0 Å². The number of anilines is 1. The molecule has 1 aliphatic rings. The number of aromatic nitrogens is 2. The highest BCUT2D eigenvalue weighted by molar-refractivity contribution is 5.69. The molecule has 0 bridgehead atoms. The number of nitrogen functional groups attached to an aromatic ring is 1. The van der Waals surface area contributed by atoms with Crippen LogP contribution in [0.4, 0.5) is 5.82 Å². The topological polar surface area (TPSA) is 70.1 Å². The van der Waals surface area contributed by atoms with Crippen molar-refractivity contribution in [2.75, 3.05) is 12.3 Å². The van der Waals surface area contributed by atoms with E-state index in [0.29, 0.717) is 18.3 Å². The van der Waals surface area contributed by atoms with E-state index in [9.17, 15) is 4.79 Å². The van der Waals surface area contributed by atoms with Crippen molar-refractivity contribution in [3.05, 3.63) is 47.7 Å². The first-order chi connectivity index (χ1) is 9.22. The SMILES string of the molecule is Nc1ccn(CC(=O)OCC2Cc3ccccc32)n1. The summed E-state index contributed by atoms with van der Waals surface area (Å²) in [6, 6.07) is 9.89. The lowest BCUT2D eigenvalue weighted by atomic mass is 9.78. The minimum atomic E-state index is -0.285. The maximum Gasteiger partial charge on any atom is 0.327 e. The van der Waals surface area contributed by atoms with Gasteiger partial charge in [0, 0.05) is 12.1 Å². The quantitative estimate of drug-likeness (QED) is 0.839. The molecule has 1 aromatic carbocycles. The first-order valence-electron chi connectivity index (χ1n) is 6.25. The van der Waals surface area contributed by atoms with Gasteiger partial charge < -0.3 is 10.5 Å². The largest absolute Gasteiger partial charge is 0.464 e. The second kappa shape index (κ2) is 4.76. The molecule has 19 heavy (non-hydrogen) atoms. The highest BCUT2D eigenvalue weighted by atomic mass is 16.5. The summed E-state index contributed by atoms with van der Waals surface area (Å²) in [5.74, 6) is 0.455. The number of hydrogen-bond donors (Lipinski definition) is 1. The fraction of sp³-hybridized carbons (Fsp3) is 0.286. The molecule has 1 aromatic heterocycles. The van der Waals surface area contributed by atoms with Crippen LogP contribution in [0.3, 0.4) is 0 Å². The van der Waals surface area contributed by atoms with Gasteiger partial charge in [-0.15, -0.1) is 0 Å². The Labute approximate surface area is 111 Å². The monoisotopic (exact) mass is 257 g/mol. The van der Waals surface area contributed by atoms with E-state index >= 15 is 0 Å². The number of nitrogens with two attached hydrogens (primary N) is 1. The van der Waals surface area contributed by atoms with Gasteiger partial charge in [-0.05, 0) is 23.6 Å². The number of hydrogen-bond acceptors (Lipinski definition) is 4. The van der Waals surface area contributed by atoms with Crippen LogP contribution in [0.5, 0.6) is 0 Å². The second-order valence-electron chi connectivity index (χ2n) is 4.72. The predicted octanol–water partition coefficient (Wildman–Crippen LogP) is 1.35. The van der Waals surface area contributed by atoms with Gasteiger partial charge in [0.2, 0.25) is 0 Å². The van der Waals surface area contributed by atoms with Crippen LogP contribution in [-0.2, 0) is 22.5 Å². The molecule has 5 nitrogen and oxygen atoms in total. The second-order valence-corrected chi connectivity index (χ2v) is 4.72. The minimum absolute atomic E-state index is 0.103. The smallest absolute Gasteiger partial charge is 0.327 e. The molecule has 98 valence electrons. The highest BCUT2D eigenvalue weighted by Gasteiger charge is 2.26. The summed E-state index contributed by atoms with van der Waals surface area (Å²) < 4.78 is 6.75. The fourth-order valence-electron chi connectivity index (χ4n) is 2.35. The first-order valence-corrected chi connectivity index (χ1v) is 6.25. The summed E-state index contributed by atoms with van der Waals surface area (Å²) in [7, 11) is 0. The van der Waals surface area contributed by atoms with Crippen LogP contribution in [0.2, 0.25) is 0 Å². The molecule has 1 aliphatic carbocycles. The van der Waals surface area contributed by atoms with Crippen LogP contribution in [0.25, 0.3) is 0 Å². The molecule has 2 N–H and O–H groups in total. The molecule has 1 atom stereocenters. The summed E-state index contributed by atoms with van der Waals surface area (Å²) in [5.41, 5.74) is 8.12. The van der Waals surface area contributed by atoms with Gasteiger partial charge in [-0.2, -0.15) is 5.10 Å². The Bertz CT molecular complexity index is 606. The molecule has 1 unspecified atom stereocenters. The maximum absolute atomic E-state index is 11.7. The molecule has 5 heteroatoms. The number of fused-ring (bicyclic) bond motifs is 1. The molecule has 3 rings (SSSR count). The Balaban J connectivity index is 1.50. The van der Waals surface area contributed by atoms with Crippen molar-refractivity contribution in [3.63, 3.8) is 0 Å². The van der Waals surface area contributed by atoms with Gasteiger partial charge in [-0.1, -0.05) is 24.3 Å². The maximum atomic E-state index is 11.7. The third kappa shape index (κ3) is 2.45. The highest BCUT2D eigenvalue weighted by Crippen LogP contribution is 2.34. The zero-order valence-electron chi connectivity index (χ0n) is 10.5. The van der Waals surface area contributed by atoms with Gasteiger partial charge in [0.1, 0.15) is 12.4 Å². The molecule has 0 fully saturated rings. The molecule has 0 aliphatic heterocycles. The molecule has 1 heterocycles. The molecule has 0 spiro atoms. The van der Waals surface area contributed by atoms with E-state index in [1.165, 1.54) is 15.8 Å². The van der Waals surface area contributed by atoms with Crippen molar-refractivity contribution in [3.8, 4) is 0 Å². The zero-order valence-corrected chi connectivity index (χ0v) is 10.5. The molecule has 0 amide bonds. The zero-order chi connectivity index (χ0) is 13.2. The fourth-order valence-corrected chi connectivity index (χ4v) is 2.35. The number of rotatable bonds is 4. The average Bonchev–Trinajstić information content (AvgIpc) is 2.76. The van der Waals surface area contributed by atoms with Crippen LogP contribution >= 0.6 is 0 Å². The van der Waals surface area contributed by atoms with Crippen molar-refractivity contribution in [1.29, 1.82) is 0 Å². The van der Waals surface area contributed by atoms with E-state index in [0.717, 1.165) is 6.42 Å². The number of benzene rings is 1. The number of carbonyl (C=O) groups is 1. The van der Waals surface area contributed by atoms with E-state index in [4.69, 9.17) is 10.5 Å². The number of ether oxygens (including phenoxy) is 1. The van der Waals surface area contributed by atoms with Gasteiger partial charge in [0.15, 0.2) is 0 Å². The summed E-state index contributed by atoms with van der Waals surface area (Å²) in [4.78, 5) is 11.7. The van der Waals surface area contributed by atoms with E-state index < -0.39 is 0 Å². The Kier molecular flexibility index (Phi) is 2.95. The van der Waals surface area contributed by atoms with Crippen LogP contribution in [-0.4, -0.2) is 22.4 Å². The number of carbonyl (C=O) groups excluding carboxylic acids is 1. The third-order valence-electron chi connectivity index (χ3n) is 3.36. The van der Waals surface area contributed by atoms with E-state index in [-0.39, 0.29) is 12.5 Å². The molecule has 2 aromatic rings.